The number of benzene rings is 1. The molecule has 0 aliphatic carbocycles. The van der Waals surface area contributed by atoms with Crippen molar-refractivity contribution in [2.24, 2.45) is 0 Å². The summed E-state index contributed by atoms with van der Waals surface area (Å²) in [6.45, 7) is 5.72. The van der Waals surface area contributed by atoms with Gasteiger partial charge < -0.3 is 4.74 Å². The molecule has 0 fully saturated rings. The van der Waals surface area contributed by atoms with Crippen LogP contribution >= 0.6 is 0 Å². The smallest absolute Gasteiger partial charge is 0.178 e. The largest absolute Gasteiger partial charge is 0.491 e. The summed E-state index contributed by atoms with van der Waals surface area (Å²) in [5.74, 6) is 0.891. The van der Waals surface area contributed by atoms with Gasteiger partial charge in [0.05, 0.1) is 16.8 Å². The first kappa shape index (κ1) is 13.0. The van der Waals surface area contributed by atoms with Gasteiger partial charge in [0, 0.05) is 0 Å². The second kappa shape index (κ2) is 5.34. The van der Waals surface area contributed by atoms with Gasteiger partial charge >= 0.3 is 0 Å². The predicted molar refractivity (Wildman–Crippen MR) is 64.5 cm³/mol. The molecule has 0 amide bonds. The average molecular weight is 242 g/mol. The third kappa shape index (κ3) is 3.52. The molecular weight excluding hydrogens is 224 g/mol. The zero-order chi connectivity index (χ0) is 12.2. The van der Waals surface area contributed by atoms with Crippen LogP contribution in [-0.4, -0.2) is 20.3 Å². The van der Waals surface area contributed by atoms with Crippen LogP contribution in [0.1, 0.15) is 27.2 Å². The summed E-state index contributed by atoms with van der Waals surface area (Å²) in [6, 6.07) is 6.59. The number of rotatable bonds is 5. The third-order valence-corrected chi connectivity index (χ3v) is 3.96. The standard InChI is InChI=1S/C12H18O3S/c1-4-9-16(13,14)12-7-5-11(6-8-12)15-10(2)3/h5-8,10H,4,9H2,1-3H3. The van der Waals surface area contributed by atoms with Gasteiger partial charge in [-0.2, -0.15) is 0 Å². The van der Waals surface area contributed by atoms with E-state index in [1.54, 1.807) is 24.3 Å². The number of ether oxygens (including phenoxy) is 1. The maximum absolute atomic E-state index is 11.7. The van der Waals surface area contributed by atoms with E-state index in [-0.39, 0.29) is 11.9 Å². The summed E-state index contributed by atoms with van der Waals surface area (Å²) in [5.41, 5.74) is 0. The molecule has 0 bridgehead atoms. The fourth-order valence-corrected chi connectivity index (χ4v) is 2.71. The minimum atomic E-state index is -3.11. The van der Waals surface area contributed by atoms with Gasteiger partial charge in [0.1, 0.15) is 5.75 Å². The van der Waals surface area contributed by atoms with Crippen molar-refractivity contribution < 1.29 is 13.2 Å². The Labute approximate surface area is 97.4 Å². The van der Waals surface area contributed by atoms with Gasteiger partial charge in [-0.15, -0.1) is 0 Å². The molecule has 0 spiro atoms. The van der Waals surface area contributed by atoms with Gasteiger partial charge in [-0.3, -0.25) is 0 Å². The van der Waals surface area contributed by atoms with Crippen LogP contribution in [0.15, 0.2) is 29.2 Å². The average Bonchev–Trinajstić information content (AvgIpc) is 2.17. The monoisotopic (exact) mass is 242 g/mol. The highest BCUT2D eigenvalue weighted by Crippen LogP contribution is 2.18. The molecular formula is C12H18O3S. The molecule has 90 valence electrons. The van der Waals surface area contributed by atoms with Crippen LogP contribution in [0.2, 0.25) is 0 Å². The Bertz CT molecular complexity index is 418. The summed E-state index contributed by atoms with van der Waals surface area (Å²) in [5, 5.41) is 0. The lowest BCUT2D eigenvalue weighted by Gasteiger charge is -2.10. The minimum Gasteiger partial charge on any atom is -0.491 e. The van der Waals surface area contributed by atoms with Crippen LogP contribution in [-0.2, 0) is 9.84 Å². The van der Waals surface area contributed by atoms with Crippen molar-refractivity contribution in [1.82, 2.24) is 0 Å². The summed E-state index contributed by atoms with van der Waals surface area (Å²) in [4.78, 5) is 0.366. The Morgan fingerprint density at radius 1 is 1.19 bits per heavy atom. The van der Waals surface area contributed by atoms with Crippen LogP contribution in [0.4, 0.5) is 0 Å². The highest BCUT2D eigenvalue weighted by atomic mass is 32.2. The van der Waals surface area contributed by atoms with Gasteiger partial charge in [-0.1, -0.05) is 6.92 Å². The molecule has 0 saturated heterocycles. The summed E-state index contributed by atoms with van der Waals surface area (Å²) < 4.78 is 28.9. The first-order chi connectivity index (χ1) is 7.45. The van der Waals surface area contributed by atoms with Gasteiger partial charge in [-0.05, 0) is 44.5 Å². The van der Waals surface area contributed by atoms with E-state index in [9.17, 15) is 8.42 Å². The van der Waals surface area contributed by atoms with E-state index in [1.165, 1.54) is 0 Å². The summed E-state index contributed by atoms with van der Waals surface area (Å²) >= 11 is 0. The molecule has 0 N–H and O–H groups in total. The lowest BCUT2D eigenvalue weighted by molar-refractivity contribution is 0.242. The molecule has 0 heterocycles. The second-order valence-electron chi connectivity index (χ2n) is 3.96. The number of sulfone groups is 1. The summed E-state index contributed by atoms with van der Waals surface area (Å²) in [6.07, 6.45) is 0.727. The third-order valence-electron chi connectivity index (χ3n) is 2.03. The van der Waals surface area contributed by atoms with Gasteiger partial charge in [0.2, 0.25) is 0 Å². The topological polar surface area (TPSA) is 43.4 Å². The lowest BCUT2D eigenvalue weighted by Crippen LogP contribution is -2.07. The van der Waals surface area contributed by atoms with E-state index in [0.29, 0.717) is 17.1 Å². The van der Waals surface area contributed by atoms with Crippen LogP contribution in [0, 0.1) is 0 Å². The first-order valence-electron chi connectivity index (χ1n) is 5.45. The normalized spacial score (nSPS) is 11.8. The predicted octanol–water partition coefficient (Wildman–Crippen LogP) is 2.66. The van der Waals surface area contributed by atoms with Crippen molar-refractivity contribution in [3.8, 4) is 5.75 Å². The van der Waals surface area contributed by atoms with Crippen LogP contribution < -0.4 is 4.74 Å². The minimum absolute atomic E-state index is 0.0955. The second-order valence-corrected chi connectivity index (χ2v) is 6.07. The fraction of sp³-hybridized carbons (Fsp3) is 0.500. The molecule has 1 aromatic rings. The van der Waals surface area contributed by atoms with E-state index in [4.69, 9.17) is 4.74 Å². The molecule has 0 aliphatic rings. The Kier molecular flexibility index (Phi) is 4.35. The fourth-order valence-electron chi connectivity index (χ4n) is 1.38. The SMILES string of the molecule is CCCS(=O)(=O)c1ccc(OC(C)C)cc1. The maximum atomic E-state index is 11.7. The van der Waals surface area contributed by atoms with Crippen molar-refractivity contribution in [3.05, 3.63) is 24.3 Å². The zero-order valence-corrected chi connectivity index (χ0v) is 10.8. The molecule has 0 unspecified atom stereocenters. The van der Waals surface area contributed by atoms with E-state index in [1.807, 2.05) is 20.8 Å². The Morgan fingerprint density at radius 2 is 1.75 bits per heavy atom. The van der Waals surface area contributed by atoms with Gasteiger partial charge in [-0.25, -0.2) is 8.42 Å². The quantitative estimate of drug-likeness (QED) is 0.797. The van der Waals surface area contributed by atoms with Gasteiger partial charge in [0.25, 0.3) is 0 Å². The first-order valence-corrected chi connectivity index (χ1v) is 7.10. The van der Waals surface area contributed by atoms with E-state index < -0.39 is 9.84 Å². The Hall–Kier alpha value is -1.03. The molecule has 0 atom stereocenters. The number of hydrogen-bond acceptors (Lipinski definition) is 3. The molecule has 0 saturated carbocycles. The highest BCUT2D eigenvalue weighted by Gasteiger charge is 2.12. The number of hydrogen-bond donors (Lipinski definition) is 0. The molecule has 1 rings (SSSR count). The van der Waals surface area contributed by atoms with Gasteiger partial charge in [0.15, 0.2) is 9.84 Å². The van der Waals surface area contributed by atoms with Crippen molar-refractivity contribution >= 4 is 9.84 Å². The van der Waals surface area contributed by atoms with Crippen molar-refractivity contribution in [3.63, 3.8) is 0 Å². The van der Waals surface area contributed by atoms with E-state index in [2.05, 4.69) is 0 Å². The molecule has 0 aromatic heterocycles. The van der Waals surface area contributed by atoms with Crippen LogP contribution in [0.25, 0.3) is 0 Å². The molecule has 3 nitrogen and oxygen atoms in total. The lowest BCUT2D eigenvalue weighted by atomic mass is 10.3. The Morgan fingerprint density at radius 3 is 2.19 bits per heavy atom. The van der Waals surface area contributed by atoms with Crippen molar-refractivity contribution in [2.45, 2.75) is 38.2 Å². The maximum Gasteiger partial charge on any atom is 0.178 e. The van der Waals surface area contributed by atoms with Crippen LogP contribution in [0.5, 0.6) is 5.75 Å². The van der Waals surface area contributed by atoms with Crippen LogP contribution in [0.3, 0.4) is 0 Å². The highest BCUT2D eigenvalue weighted by molar-refractivity contribution is 7.91. The van der Waals surface area contributed by atoms with E-state index >= 15 is 0 Å². The molecule has 16 heavy (non-hydrogen) atoms. The molecule has 0 aliphatic heterocycles. The Balaban J connectivity index is 2.87. The summed E-state index contributed by atoms with van der Waals surface area (Å²) in [7, 11) is -3.11. The molecule has 4 heteroatoms. The van der Waals surface area contributed by atoms with E-state index in [0.717, 1.165) is 0 Å². The van der Waals surface area contributed by atoms with Crippen molar-refractivity contribution in [2.75, 3.05) is 5.75 Å². The zero-order valence-electron chi connectivity index (χ0n) is 9.93. The van der Waals surface area contributed by atoms with Crippen molar-refractivity contribution in [1.29, 1.82) is 0 Å². The molecule has 0 radical (unpaired) electrons. The molecule has 1 aromatic carbocycles.